The van der Waals surface area contributed by atoms with E-state index in [1.165, 1.54) is 24.3 Å². The lowest BCUT2D eigenvalue weighted by Crippen LogP contribution is -2.06. The first kappa shape index (κ1) is 16.9. The van der Waals surface area contributed by atoms with Crippen LogP contribution in [0.3, 0.4) is 0 Å². The number of rotatable bonds is 3. The number of aromatic carboxylic acids is 3. The molecule has 0 bridgehead atoms. The number of aryl methyl sites for hydroxylation is 1. The van der Waals surface area contributed by atoms with Gasteiger partial charge < -0.3 is 15.3 Å². The Morgan fingerprint density at radius 3 is 1.55 bits per heavy atom. The van der Waals surface area contributed by atoms with Crippen molar-refractivity contribution in [2.24, 2.45) is 0 Å². The highest BCUT2D eigenvalue weighted by molar-refractivity contribution is 6.01. The van der Waals surface area contributed by atoms with Crippen LogP contribution in [0.1, 0.15) is 36.6 Å². The highest BCUT2D eigenvalue weighted by Crippen LogP contribution is 2.07. The zero-order chi connectivity index (χ0) is 16.7. The van der Waals surface area contributed by atoms with Gasteiger partial charge in [-0.3, -0.25) is 0 Å². The number of benzene rings is 2. The highest BCUT2D eigenvalue weighted by Gasteiger charge is 2.13. The van der Waals surface area contributed by atoms with E-state index in [2.05, 4.69) is 0 Å². The van der Waals surface area contributed by atoms with Crippen molar-refractivity contribution >= 4 is 17.9 Å². The van der Waals surface area contributed by atoms with Crippen LogP contribution in [0.15, 0.2) is 48.5 Å². The average Bonchev–Trinajstić information content (AvgIpc) is 2.47. The molecule has 0 heterocycles. The zero-order valence-electron chi connectivity index (χ0n) is 11.7. The Labute approximate surface area is 126 Å². The van der Waals surface area contributed by atoms with Gasteiger partial charge in [0.1, 0.15) is 0 Å². The first-order valence-corrected chi connectivity index (χ1v) is 6.18. The van der Waals surface area contributed by atoms with Crippen LogP contribution in [0.25, 0.3) is 0 Å². The summed E-state index contributed by atoms with van der Waals surface area (Å²) in [5, 5.41) is 25.6. The second-order valence-corrected chi connectivity index (χ2v) is 4.33. The van der Waals surface area contributed by atoms with Crippen LogP contribution in [0, 0.1) is 6.92 Å². The van der Waals surface area contributed by atoms with Gasteiger partial charge >= 0.3 is 17.9 Å². The first-order valence-electron chi connectivity index (χ1n) is 6.18. The van der Waals surface area contributed by atoms with Crippen molar-refractivity contribution in [3.63, 3.8) is 0 Å². The molecule has 0 aliphatic rings. The summed E-state index contributed by atoms with van der Waals surface area (Å²) in [6, 6.07) is 12.3. The fourth-order valence-electron chi connectivity index (χ4n) is 1.63. The molecule has 0 saturated carbocycles. The third-order valence-electron chi connectivity index (χ3n) is 2.65. The van der Waals surface area contributed by atoms with Crippen molar-refractivity contribution in [1.29, 1.82) is 0 Å². The van der Waals surface area contributed by atoms with E-state index in [1.54, 1.807) is 18.2 Å². The third kappa shape index (κ3) is 4.75. The normalized spacial score (nSPS) is 9.32. The van der Waals surface area contributed by atoms with E-state index in [0.717, 1.165) is 5.56 Å². The molecule has 2 rings (SSSR count). The monoisotopic (exact) mass is 302 g/mol. The quantitative estimate of drug-likeness (QED) is 0.803. The minimum Gasteiger partial charge on any atom is -0.478 e. The molecule has 2 aromatic carbocycles. The van der Waals surface area contributed by atoms with Crippen LogP contribution in [0.5, 0.6) is 0 Å². The Hall–Kier alpha value is -3.15. The van der Waals surface area contributed by atoms with Gasteiger partial charge in [0.05, 0.1) is 16.7 Å². The molecule has 6 heteroatoms. The topological polar surface area (TPSA) is 112 Å². The van der Waals surface area contributed by atoms with Crippen molar-refractivity contribution in [3.05, 3.63) is 70.8 Å². The number of carbonyl (C=O) groups is 3. The average molecular weight is 302 g/mol. The fraction of sp³-hybridized carbons (Fsp3) is 0.0625. The van der Waals surface area contributed by atoms with E-state index in [0.29, 0.717) is 5.56 Å². The Bertz CT molecular complexity index is 672. The molecule has 0 aliphatic heterocycles. The van der Waals surface area contributed by atoms with Crippen molar-refractivity contribution in [1.82, 2.24) is 0 Å². The third-order valence-corrected chi connectivity index (χ3v) is 2.65. The zero-order valence-corrected chi connectivity index (χ0v) is 11.7. The molecule has 0 radical (unpaired) electrons. The lowest BCUT2D eigenvalue weighted by Gasteiger charge is -1.98. The Morgan fingerprint density at radius 2 is 1.23 bits per heavy atom. The molecule has 22 heavy (non-hydrogen) atoms. The molecule has 114 valence electrons. The van der Waals surface area contributed by atoms with E-state index >= 15 is 0 Å². The summed E-state index contributed by atoms with van der Waals surface area (Å²) in [7, 11) is 0. The highest BCUT2D eigenvalue weighted by atomic mass is 16.4. The molecule has 0 fully saturated rings. The fourth-order valence-corrected chi connectivity index (χ4v) is 1.63. The summed E-state index contributed by atoms with van der Waals surface area (Å²) in [6.07, 6.45) is 0. The van der Waals surface area contributed by atoms with Crippen molar-refractivity contribution in [2.75, 3.05) is 0 Å². The molecule has 3 N–H and O–H groups in total. The van der Waals surface area contributed by atoms with Crippen LogP contribution >= 0.6 is 0 Å². The Kier molecular flexibility index (Phi) is 5.83. The lowest BCUT2D eigenvalue weighted by molar-refractivity contribution is 0.0651. The molecule has 0 amide bonds. The van der Waals surface area contributed by atoms with Gasteiger partial charge in [0.25, 0.3) is 0 Å². The van der Waals surface area contributed by atoms with Gasteiger partial charge in [0, 0.05) is 0 Å². The summed E-state index contributed by atoms with van der Waals surface area (Å²) < 4.78 is 0. The van der Waals surface area contributed by atoms with Gasteiger partial charge in [0.2, 0.25) is 0 Å². The standard InChI is InChI=1S/C8H6O4.C8H8O2/c9-7(10)5-3-1-2-4-6(5)8(11)12;1-6-3-2-4-7(5-6)8(9)10/h1-4H,(H,9,10)(H,11,12);2-5H,1H3,(H,9,10). The van der Waals surface area contributed by atoms with E-state index in [1.807, 2.05) is 13.0 Å². The van der Waals surface area contributed by atoms with Crippen LogP contribution in [-0.4, -0.2) is 33.2 Å². The minimum absolute atomic E-state index is 0.190. The minimum atomic E-state index is -1.23. The van der Waals surface area contributed by atoms with Gasteiger partial charge in [0.15, 0.2) is 0 Å². The van der Waals surface area contributed by atoms with Crippen molar-refractivity contribution in [3.8, 4) is 0 Å². The predicted octanol–water partition coefficient (Wildman–Crippen LogP) is 2.78. The maximum Gasteiger partial charge on any atom is 0.336 e. The van der Waals surface area contributed by atoms with Crippen molar-refractivity contribution < 1.29 is 29.7 Å². The summed E-state index contributed by atoms with van der Waals surface area (Å²) >= 11 is 0. The van der Waals surface area contributed by atoms with Gasteiger partial charge in [-0.25, -0.2) is 14.4 Å². The SMILES string of the molecule is Cc1cccc(C(=O)O)c1.O=C(O)c1ccccc1C(=O)O. The van der Waals surface area contributed by atoms with E-state index in [4.69, 9.17) is 15.3 Å². The van der Waals surface area contributed by atoms with Crippen LogP contribution < -0.4 is 0 Å². The van der Waals surface area contributed by atoms with Crippen LogP contribution in [-0.2, 0) is 0 Å². The van der Waals surface area contributed by atoms with Gasteiger partial charge in [-0.1, -0.05) is 29.8 Å². The number of hydrogen-bond donors (Lipinski definition) is 3. The maximum absolute atomic E-state index is 10.5. The smallest absolute Gasteiger partial charge is 0.336 e. The molecule has 6 nitrogen and oxygen atoms in total. The van der Waals surface area contributed by atoms with E-state index in [9.17, 15) is 14.4 Å². The molecule has 0 aromatic heterocycles. The summed E-state index contributed by atoms with van der Waals surface area (Å²) in [4.78, 5) is 31.3. The molecule has 0 atom stereocenters. The molecule has 0 unspecified atom stereocenters. The van der Waals surface area contributed by atoms with Gasteiger partial charge in [-0.15, -0.1) is 0 Å². The second kappa shape index (κ2) is 7.58. The van der Waals surface area contributed by atoms with Crippen LogP contribution in [0.2, 0.25) is 0 Å². The number of carboxylic acid groups (broad SMARTS) is 3. The summed E-state index contributed by atoms with van der Waals surface area (Å²) in [5.41, 5.74) is 0.940. The molecular weight excluding hydrogens is 288 g/mol. The maximum atomic E-state index is 10.5. The summed E-state index contributed by atoms with van der Waals surface area (Å²) in [6.45, 7) is 1.87. The van der Waals surface area contributed by atoms with E-state index < -0.39 is 17.9 Å². The largest absolute Gasteiger partial charge is 0.478 e. The predicted molar refractivity (Wildman–Crippen MR) is 78.5 cm³/mol. The molecule has 2 aromatic rings. The molecule has 0 saturated heterocycles. The number of carboxylic acids is 3. The summed E-state index contributed by atoms with van der Waals surface area (Å²) in [5.74, 6) is -3.33. The Balaban J connectivity index is 0.000000224. The molecular formula is C16H14O6. The van der Waals surface area contributed by atoms with Gasteiger partial charge in [-0.2, -0.15) is 0 Å². The second-order valence-electron chi connectivity index (χ2n) is 4.33. The van der Waals surface area contributed by atoms with Gasteiger partial charge in [-0.05, 0) is 31.2 Å². The Morgan fingerprint density at radius 1 is 0.727 bits per heavy atom. The number of hydrogen-bond acceptors (Lipinski definition) is 3. The first-order chi connectivity index (χ1) is 10.3. The molecule has 0 spiro atoms. The van der Waals surface area contributed by atoms with E-state index in [-0.39, 0.29) is 11.1 Å². The van der Waals surface area contributed by atoms with Crippen molar-refractivity contribution in [2.45, 2.75) is 6.92 Å². The van der Waals surface area contributed by atoms with Crippen LogP contribution in [0.4, 0.5) is 0 Å². The molecule has 0 aliphatic carbocycles. The lowest BCUT2D eigenvalue weighted by atomic mass is 10.1.